The topological polar surface area (TPSA) is 106 Å². The molecule has 2 fully saturated rings. The van der Waals surface area contributed by atoms with Gasteiger partial charge in [-0.3, -0.25) is 4.90 Å². The highest BCUT2D eigenvalue weighted by atomic mass is 35.5. The lowest BCUT2D eigenvalue weighted by Crippen LogP contribution is -2.56. The van der Waals surface area contributed by atoms with E-state index in [0.717, 1.165) is 48.8 Å². The van der Waals surface area contributed by atoms with Crippen LogP contribution >= 0.6 is 11.6 Å². The first-order chi connectivity index (χ1) is 20.2. The van der Waals surface area contributed by atoms with Crippen LogP contribution in [0.3, 0.4) is 0 Å². The van der Waals surface area contributed by atoms with E-state index in [1.807, 2.05) is 6.07 Å². The number of carboxylic acids is 1. The number of carboxylic acid groups (broad SMARTS) is 1. The summed E-state index contributed by atoms with van der Waals surface area (Å²) in [4.78, 5) is 30.0. The molecule has 42 heavy (non-hydrogen) atoms. The number of benzene rings is 2. The normalized spacial score (nSPS) is 21.0. The summed E-state index contributed by atoms with van der Waals surface area (Å²) in [6.45, 7) is 7.81. The van der Waals surface area contributed by atoms with E-state index >= 15 is 0 Å². The number of ether oxygens (including phenoxy) is 2. The molecular formula is C30H32ClFN6O4. The Bertz CT molecular complexity index is 1610. The zero-order valence-electron chi connectivity index (χ0n) is 23.4. The van der Waals surface area contributed by atoms with E-state index in [1.54, 1.807) is 36.5 Å². The zero-order valence-corrected chi connectivity index (χ0v) is 24.2. The molecule has 3 atom stereocenters. The van der Waals surface area contributed by atoms with E-state index in [9.17, 15) is 14.3 Å². The maximum atomic E-state index is 14.2. The van der Waals surface area contributed by atoms with Crippen molar-refractivity contribution in [3.05, 3.63) is 76.5 Å². The number of aromatic carboxylic acids is 1. The molecule has 12 heteroatoms. The molecule has 0 aliphatic carbocycles. The van der Waals surface area contributed by atoms with Crippen LogP contribution in [0.15, 0.2) is 48.7 Å². The third kappa shape index (κ3) is 5.90. The van der Waals surface area contributed by atoms with Crippen molar-refractivity contribution in [3.63, 3.8) is 0 Å². The first-order valence-electron chi connectivity index (χ1n) is 14.0. The van der Waals surface area contributed by atoms with Crippen LogP contribution in [0.5, 0.6) is 6.01 Å². The minimum Gasteiger partial charge on any atom is -0.478 e. The molecule has 6 rings (SSSR count). The minimum atomic E-state index is -0.958. The van der Waals surface area contributed by atoms with Crippen molar-refractivity contribution < 1.29 is 23.8 Å². The van der Waals surface area contributed by atoms with Gasteiger partial charge >= 0.3 is 12.0 Å². The summed E-state index contributed by atoms with van der Waals surface area (Å²) in [6.07, 6.45) is 2.73. The number of halogens is 2. The van der Waals surface area contributed by atoms with Gasteiger partial charge in [-0.15, -0.1) is 0 Å². The maximum Gasteiger partial charge on any atom is 0.335 e. The number of hydrogen-bond acceptors (Lipinski definition) is 8. The molecule has 0 spiro atoms. The van der Waals surface area contributed by atoms with Crippen LogP contribution in [-0.4, -0.2) is 73.4 Å². The summed E-state index contributed by atoms with van der Waals surface area (Å²) in [6, 6.07) is 11.9. The zero-order chi connectivity index (χ0) is 29.4. The van der Waals surface area contributed by atoms with Crippen LogP contribution in [0.25, 0.3) is 11.0 Å². The van der Waals surface area contributed by atoms with Crippen LogP contribution in [0.2, 0.25) is 5.02 Å². The van der Waals surface area contributed by atoms with Crippen molar-refractivity contribution >= 4 is 34.4 Å². The molecule has 2 aromatic carbocycles. The van der Waals surface area contributed by atoms with E-state index in [0.29, 0.717) is 23.7 Å². The number of aromatic nitrogens is 4. The molecular weight excluding hydrogens is 563 g/mol. The molecule has 4 aromatic rings. The van der Waals surface area contributed by atoms with Gasteiger partial charge in [0.15, 0.2) is 0 Å². The molecule has 220 valence electrons. The fraction of sp³-hybridized carbons (Fsp3) is 0.400. The number of fused-ring (bicyclic) bond motifs is 1. The second kappa shape index (κ2) is 11.8. The van der Waals surface area contributed by atoms with Crippen molar-refractivity contribution in [3.8, 4) is 6.01 Å². The Morgan fingerprint density at radius 2 is 1.98 bits per heavy atom. The summed E-state index contributed by atoms with van der Waals surface area (Å²) in [5.41, 5.74) is 2.21. The molecule has 2 aliphatic rings. The van der Waals surface area contributed by atoms with E-state index < -0.39 is 11.8 Å². The van der Waals surface area contributed by atoms with Crippen LogP contribution in [0, 0.1) is 5.82 Å². The van der Waals surface area contributed by atoms with Crippen molar-refractivity contribution in [2.45, 2.75) is 58.2 Å². The molecule has 4 heterocycles. The quantitative estimate of drug-likeness (QED) is 0.293. The van der Waals surface area contributed by atoms with Gasteiger partial charge in [-0.25, -0.2) is 19.2 Å². The molecule has 2 saturated heterocycles. The molecule has 2 aliphatic heterocycles. The van der Waals surface area contributed by atoms with Crippen molar-refractivity contribution in [2.75, 3.05) is 24.6 Å². The largest absolute Gasteiger partial charge is 0.478 e. The lowest BCUT2D eigenvalue weighted by atomic mass is 10.1. The summed E-state index contributed by atoms with van der Waals surface area (Å²) in [5.74, 6) is 0.238. The van der Waals surface area contributed by atoms with Crippen molar-refractivity contribution in [1.29, 1.82) is 0 Å². The molecule has 10 nitrogen and oxygen atoms in total. The van der Waals surface area contributed by atoms with Crippen LogP contribution in [-0.2, 0) is 24.4 Å². The summed E-state index contributed by atoms with van der Waals surface area (Å²) >= 11 is 5.85. The van der Waals surface area contributed by atoms with Gasteiger partial charge in [0, 0.05) is 48.6 Å². The minimum absolute atomic E-state index is 0.00690. The Morgan fingerprint density at radius 1 is 1.14 bits per heavy atom. The van der Waals surface area contributed by atoms with Gasteiger partial charge in [-0.1, -0.05) is 17.7 Å². The van der Waals surface area contributed by atoms with Gasteiger partial charge in [0.1, 0.15) is 24.1 Å². The number of nitrogens with zero attached hydrogens (tertiary/aromatic N) is 6. The van der Waals surface area contributed by atoms with Crippen LogP contribution in [0.4, 0.5) is 10.2 Å². The average molecular weight is 595 g/mol. The highest BCUT2D eigenvalue weighted by Crippen LogP contribution is 2.27. The predicted molar refractivity (Wildman–Crippen MR) is 156 cm³/mol. The lowest BCUT2D eigenvalue weighted by Gasteiger charge is -2.44. The third-order valence-corrected chi connectivity index (χ3v) is 8.23. The number of rotatable bonds is 9. The van der Waals surface area contributed by atoms with Gasteiger partial charge in [-0.2, -0.15) is 4.98 Å². The average Bonchev–Trinajstić information content (AvgIpc) is 3.28. The monoisotopic (exact) mass is 594 g/mol. The number of imidazole rings is 1. The Kier molecular flexibility index (Phi) is 7.98. The van der Waals surface area contributed by atoms with Gasteiger partial charge in [-0.05, 0) is 56.7 Å². The molecule has 0 unspecified atom stereocenters. The molecule has 1 N–H and O–H groups in total. The number of hydrogen-bond donors (Lipinski definition) is 1. The molecule has 0 amide bonds. The van der Waals surface area contributed by atoms with Gasteiger partial charge in [0.05, 0.1) is 35.8 Å². The number of piperazine rings is 1. The summed E-state index contributed by atoms with van der Waals surface area (Å²) < 4.78 is 27.7. The van der Waals surface area contributed by atoms with Gasteiger partial charge < -0.3 is 24.0 Å². The predicted octanol–water partition coefficient (Wildman–Crippen LogP) is 4.78. The van der Waals surface area contributed by atoms with Crippen LogP contribution in [0.1, 0.15) is 42.0 Å². The Balaban J connectivity index is 1.17. The Morgan fingerprint density at radius 3 is 2.71 bits per heavy atom. The second-order valence-electron chi connectivity index (χ2n) is 10.9. The molecule has 2 aromatic heterocycles. The fourth-order valence-corrected chi connectivity index (χ4v) is 5.68. The standard InChI is InChI=1S/C30H32ClFN6O4/c1-18-14-37(27-7-9-33-30(35-27)42-17-21-3-5-22(31)12-24(21)32)19(2)13-36(18)16-28-34-25-6-4-20(29(39)40)11-26(25)38(28)15-23-8-10-41-23/h3-7,9,11-12,18-19,23H,8,10,13-17H2,1-2H3,(H,39,40)/t18-,19+,23-/m0/s1. The first kappa shape index (κ1) is 28.3. The van der Waals surface area contributed by atoms with Crippen molar-refractivity contribution in [2.24, 2.45) is 0 Å². The van der Waals surface area contributed by atoms with E-state index in [-0.39, 0.29) is 36.4 Å². The first-order valence-corrected chi connectivity index (χ1v) is 14.4. The lowest BCUT2D eigenvalue weighted by molar-refractivity contribution is -0.0592. The SMILES string of the molecule is C[C@@H]1CN(Cc2nc3ccc(C(=O)O)cc3n2C[C@@H]2CCO2)[C@@H](C)CN1c1ccnc(OCc2ccc(Cl)cc2F)n1. The van der Waals surface area contributed by atoms with E-state index in [1.165, 1.54) is 6.07 Å². The highest BCUT2D eigenvalue weighted by molar-refractivity contribution is 6.30. The third-order valence-electron chi connectivity index (χ3n) is 8.00. The second-order valence-corrected chi connectivity index (χ2v) is 11.4. The molecule has 0 bridgehead atoms. The van der Waals surface area contributed by atoms with Gasteiger partial charge in [0.25, 0.3) is 0 Å². The fourth-order valence-electron chi connectivity index (χ4n) is 5.52. The smallest absolute Gasteiger partial charge is 0.335 e. The maximum absolute atomic E-state index is 14.2. The van der Waals surface area contributed by atoms with E-state index in [2.05, 4.69) is 38.2 Å². The summed E-state index contributed by atoms with van der Waals surface area (Å²) in [7, 11) is 0. The van der Waals surface area contributed by atoms with Crippen LogP contribution < -0.4 is 9.64 Å². The Labute approximate surface area is 247 Å². The highest BCUT2D eigenvalue weighted by Gasteiger charge is 2.32. The Hall–Kier alpha value is -3.80. The number of carbonyl (C=O) groups is 1. The summed E-state index contributed by atoms with van der Waals surface area (Å²) in [5, 5.41) is 9.87. The number of anilines is 1. The van der Waals surface area contributed by atoms with E-state index in [4.69, 9.17) is 26.1 Å². The molecule has 0 radical (unpaired) electrons. The molecule has 0 saturated carbocycles. The van der Waals surface area contributed by atoms with Gasteiger partial charge in [0.2, 0.25) is 0 Å². The van der Waals surface area contributed by atoms with Crippen molar-refractivity contribution in [1.82, 2.24) is 24.4 Å².